The van der Waals surface area contributed by atoms with E-state index in [9.17, 15) is 14.4 Å². The van der Waals surface area contributed by atoms with Gasteiger partial charge in [-0.1, -0.05) is 35.6 Å². The van der Waals surface area contributed by atoms with Crippen LogP contribution in [0.25, 0.3) is 6.08 Å². The van der Waals surface area contributed by atoms with Crippen molar-refractivity contribution in [1.82, 2.24) is 15.8 Å². The van der Waals surface area contributed by atoms with Gasteiger partial charge in [0.25, 0.3) is 11.8 Å². The average Bonchev–Trinajstić information content (AvgIpc) is 3.27. The van der Waals surface area contributed by atoms with Crippen LogP contribution in [0.4, 0.5) is 0 Å². The maximum atomic E-state index is 12.4. The van der Waals surface area contributed by atoms with E-state index in [1.807, 2.05) is 0 Å². The van der Waals surface area contributed by atoms with Gasteiger partial charge in [-0.2, -0.15) is 0 Å². The van der Waals surface area contributed by atoms with Crippen LogP contribution in [-0.2, 0) is 9.59 Å². The number of hydrazine groups is 1. The molecule has 1 aromatic heterocycles. The van der Waals surface area contributed by atoms with Crippen LogP contribution in [0.5, 0.6) is 0 Å². The third-order valence-electron chi connectivity index (χ3n) is 3.67. The van der Waals surface area contributed by atoms with Crippen LogP contribution in [0.3, 0.4) is 0 Å². The van der Waals surface area contributed by atoms with Gasteiger partial charge in [0.1, 0.15) is 10.1 Å². The summed E-state index contributed by atoms with van der Waals surface area (Å²) in [7, 11) is 0. The fraction of sp³-hybridized carbons (Fsp3) is 0.111. The molecule has 0 atom stereocenters. The van der Waals surface area contributed by atoms with E-state index in [1.54, 1.807) is 30.3 Å². The summed E-state index contributed by atoms with van der Waals surface area (Å²) >= 11 is 12.1. The SMILES string of the molecule is O=C(CCN1C(=O)/C(=C\c2ccco2)SC1=S)NNC(=O)c1ccc(Cl)cc1. The Morgan fingerprint density at radius 1 is 1.21 bits per heavy atom. The molecule has 1 aliphatic heterocycles. The van der Waals surface area contributed by atoms with Crippen molar-refractivity contribution in [3.63, 3.8) is 0 Å². The molecule has 144 valence electrons. The molecular formula is C18H14ClN3O4S2. The second-order valence-corrected chi connectivity index (χ2v) is 7.72. The fourth-order valence-electron chi connectivity index (χ4n) is 2.27. The quantitative estimate of drug-likeness (QED) is 0.426. The number of carbonyl (C=O) groups is 3. The van der Waals surface area contributed by atoms with E-state index in [1.165, 1.54) is 23.3 Å². The van der Waals surface area contributed by atoms with Crippen LogP contribution in [-0.4, -0.2) is 33.5 Å². The lowest BCUT2D eigenvalue weighted by Crippen LogP contribution is -2.43. The molecule has 0 radical (unpaired) electrons. The van der Waals surface area contributed by atoms with E-state index in [2.05, 4.69) is 10.9 Å². The van der Waals surface area contributed by atoms with Gasteiger partial charge in [0.05, 0.1) is 11.2 Å². The average molecular weight is 436 g/mol. The number of halogens is 1. The van der Waals surface area contributed by atoms with Crippen LogP contribution in [0, 0.1) is 0 Å². The third-order valence-corrected chi connectivity index (χ3v) is 5.30. The lowest BCUT2D eigenvalue weighted by atomic mass is 10.2. The topological polar surface area (TPSA) is 91.7 Å². The van der Waals surface area contributed by atoms with Crippen LogP contribution < -0.4 is 10.9 Å². The highest BCUT2D eigenvalue weighted by Gasteiger charge is 2.32. The number of thioether (sulfide) groups is 1. The normalized spacial score (nSPS) is 15.2. The summed E-state index contributed by atoms with van der Waals surface area (Å²) in [6.07, 6.45) is 3.09. The van der Waals surface area contributed by atoms with Crippen molar-refractivity contribution >= 4 is 63.7 Å². The zero-order chi connectivity index (χ0) is 20.1. The number of rotatable bonds is 5. The summed E-state index contributed by atoms with van der Waals surface area (Å²) in [5.74, 6) is -0.670. The zero-order valence-corrected chi connectivity index (χ0v) is 16.7. The first-order valence-corrected chi connectivity index (χ1v) is 9.68. The van der Waals surface area contributed by atoms with Gasteiger partial charge in [0.2, 0.25) is 5.91 Å². The first kappa shape index (κ1) is 20.1. The summed E-state index contributed by atoms with van der Waals surface area (Å²) in [6.45, 7) is 0.100. The molecule has 0 spiro atoms. The number of thiocarbonyl (C=S) groups is 1. The molecule has 1 fully saturated rings. The van der Waals surface area contributed by atoms with Gasteiger partial charge in [-0.25, -0.2) is 0 Å². The van der Waals surface area contributed by atoms with Crippen LogP contribution >= 0.6 is 35.6 Å². The highest BCUT2D eigenvalue weighted by Crippen LogP contribution is 2.32. The smallest absolute Gasteiger partial charge is 0.269 e. The fourth-order valence-corrected chi connectivity index (χ4v) is 3.69. The first-order chi connectivity index (χ1) is 13.4. The lowest BCUT2D eigenvalue weighted by molar-refractivity contribution is -0.124. The minimum atomic E-state index is -0.475. The molecule has 3 rings (SSSR count). The molecule has 3 amide bonds. The molecule has 1 aliphatic rings. The van der Waals surface area contributed by atoms with Crippen molar-refractivity contribution in [1.29, 1.82) is 0 Å². The molecule has 2 N–H and O–H groups in total. The minimum absolute atomic E-state index is 0.0264. The molecule has 0 unspecified atom stereocenters. The van der Waals surface area contributed by atoms with Crippen molar-refractivity contribution in [3.05, 3.63) is 63.9 Å². The van der Waals surface area contributed by atoms with E-state index in [4.69, 9.17) is 28.2 Å². The Kier molecular flexibility index (Phi) is 6.50. The van der Waals surface area contributed by atoms with Gasteiger partial charge in [-0.3, -0.25) is 30.1 Å². The molecule has 0 saturated carbocycles. The number of amides is 3. The molecule has 7 nitrogen and oxygen atoms in total. The predicted molar refractivity (Wildman–Crippen MR) is 110 cm³/mol. The van der Waals surface area contributed by atoms with Gasteiger partial charge in [0, 0.05) is 29.6 Å². The summed E-state index contributed by atoms with van der Waals surface area (Å²) < 4.78 is 5.56. The molecule has 28 heavy (non-hydrogen) atoms. The Morgan fingerprint density at radius 2 is 1.96 bits per heavy atom. The highest BCUT2D eigenvalue weighted by atomic mass is 35.5. The monoisotopic (exact) mass is 435 g/mol. The third kappa shape index (κ3) is 5.00. The molecular weight excluding hydrogens is 422 g/mol. The van der Waals surface area contributed by atoms with Gasteiger partial charge in [0.15, 0.2) is 0 Å². The van der Waals surface area contributed by atoms with E-state index in [0.717, 1.165) is 11.8 Å². The van der Waals surface area contributed by atoms with Crippen molar-refractivity contribution in [2.24, 2.45) is 0 Å². The summed E-state index contributed by atoms with van der Waals surface area (Å²) in [6, 6.07) is 9.66. The standard InChI is InChI=1S/C18H14ClN3O4S2/c19-12-5-3-11(4-6-12)16(24)21-20-15(23)7-8-22-17(25)14(28-18(22)27)10-13-2-1-9-26-13/h1-6,9-10H,7-8H2,(H,20,23)(H,21,24)/b14-10+. The molecule has 1 aromatic carbocycles. The number of nitrogens with zero attached hydrogens (tertiary/aromatic N) is 1. The first-order valence-electron chi connectivity index (χ1n) is 8.07. The van der Waals surface area contributed by atoms with Gasteiger partial charge >= 0.3 is 0 Å². The number of carbonyl (C=O) groups excluding carboxylic acids is 3. The van der Waals surface area contributed by atoms with Crippen molar-refractivity contribution in [2.45, 2.75) is 6.42 Å². The number of furan rings is 1. The van der Waals surface area contributed by atoms with Gasteiger partial charge in [-0.15, -0.1) is 0 Å². The minimum Gasteiger partial charge on any atom is -0.465 e. The van der Waals surface area contributed by atoms with Crippen molar-refractivity contribution < 1.29 is 18.8 Å². The van der Waals surface area contributed by atoms with Gasteiger partial charge in [-0.05, 0) is 36.4 Å². The Balaban J connectivity index is 1.49. The number of hydrogen-bond donors (Lipinski definition) is 2. The molecule has 2 heterocycles. The van der Waals surface area contributed by atoms with E-state index in [0.29, 0.717) is 25.6 Å². The molecule has 1 saturated heterocycles. The van der Waals surface area contributed by atoms with Crippen LogP contribution in [0.2, 0.25) is 5.02 Å². The van der Waals surface area contributed by atoms with E-state index < -0.39 is 11.8 Å². The molecule has 0 bridgehead atoms. The second-order valence-electron chi connectivity index (χ2n) is 5.61. The van der Waals surface area contributed by atoms with Crippen molar-refractivity contribution in [2.75, 3.05) is 6.54 Å². The summed E-state index contributed by atoms with van der Waals surface area (Å²) in [5, 5.41) is 0.505. The van der Waals surface area contributed by atoms with E-state index >= 15 is 0 Å². The summed E-state index contributed by atoms with van der Waals surface area (Å²) in [4.78, 5) is 38.1. The molecule has 10 heteroatoms. The van der Waals surface area contributed by atoms with E-state index in [-0.39, 0.29) is 18.9 Å². The largest absolute Gasteiger partial charge is 0.465 e. The number of hydrogen-bond acceptors (Lipinski definition) is 6. The molecule has 0 aliphatic carbocycles. The Hall–Kier alpha value is -2.62. The van der Waals surface area contributed by atoms with Crippen molar-refractivity contribution in [3.8, 4) is 0 Å². The maximum Gasteiger partial charge on any atom is 0.269 e. The van der Waals surface area contributed by atoms with Crippen LogP contribution in [0.15, 0.2) is 52.0 Å². The Labute approximate surface area is 175 Å². The Bertz CT molecular complexity index is 942. The summed E-state index contributed by atoms with van der Waals surface area (Å²) in [5.41, 5.74) is 4.97. The highest BCUT2D eigenvalue weighted by molar-refractivity contribution is 8.26. The van der Waals surface area contributed by atoms with Crippen LogP contribution in [0.1, 0.15) is 22.5 Å². The second kappa shape index (κ2) is 9.05. The predicted octanol–water partition coefficient (Wildman–Crippen LogP) is 2.99. The lowest BCUT2D eigenvalue weighted by Gasteiger charge is -2.14. The number of benzene rings is 1. The van der Waals surface area contributed by atoms with Gasteiger partial charge < -0.3 is 4.42 Å². The zero-order valence-electron chi connectivity index (χ0n) is 14.3. The number of nitrogens with one attached hydrogen (secondary N) is 2. The Morgan fingerprint density at radius 3 is 2.64 bits per heavy atom. The maximum absolute atomic E-state index is 12.4. The molecule has 2 aromatic rings.